The van der Waals surface area contributed by atoms with Gasteiger partial charge in [0, 0.05) is 0 Å². The van der Waals surface area contributed by atoms with Crippen LogP contribution in [0, 0.1) is 5.82 Å². The molecule has 1 rings (SSSR count). The Bertz CT molecular complexity index is 263. The topological polar surface area (TPSA) is 66.5 Å². The minimum Gasteiger partial charge on any atom is -0.505 e. The zero-order chi connectivity index (χ0) is 8.43. The molecule has 0 bridgehead atoms. The van der Waals surface area contributed by atoms with Gasteiger partial charge in [-0.05, 0) is 17.7 Å². The summed E-state index contributed by atoms with van der Waals surface area (Å²) in [7, 11) is 0. The Hall–Kier alpha value is -1.13. The van der Waals surface area contributed by atoms with Gasteiger partial charge in [0.25, 0.3) is 0 Å². The molecule has 0 radical (unpaired) electrons. The number of hydrogen-bond acceptors (Lipinski definition) is 3. The minimum absolute atomic E-state index is 0.236. The summed E-state index contributed by atoms with van der Waals surface area (Å²) >= 11 is 0. The van der Waals surface area contributed by atoms with Gasteiger partial charge in [0.05, 0.1) is 0 Å². The summed E-state index contributed by atoms with van der Waals surface area (Å²) in [6.07, 6.45) is -1.20. The fourth-order valence-electron chi connectivity index (χ4n) is 0.707. The number of phenolic OH excluding ortho intramolecular Hbond substituents is 1. The monoisotopic (exact) mass is 157 g/mol. The van der Waals surface area contributed by atoms with Gasteiger partial charge in [0.2, 0.25) is 0 Å². The van der Waals surface area contributed by atoms with Gasteiger partial charge in [-0.2, -0.15) is 0 Å². The Morgan fingerprint density at radius 3 is 2.55 bits per heavy atom. The minimum atomic E-state index is -1.20. The molecule has 0 aromatic heterocycles. The fraction of sp³-hybridized carbons (Fsp3) is 0.143. The summed E-state index contributed by atoms with van der Waals surface area (Å²) in [5, 5.41) is 17.5. The number of aliphatic hydroxyl groups excluding tert-OH is 1. The molecule has 0 saturated carbocycles. The number of benzene rings is 1. The molecule has 11 heavy (non-hydrogen) atoms. The van der Waals surface area contributed by atoms with E-state index in [1.165, 1.54) is 6.07 Å². The fourth-order valence-corrected chi connectivity index (χ4v) is 0.707. The number of halogens is 1. The van der Waals surface area contributed by atoms with Crippen molar-refractivity contribution in [3.63, 3.8) is 0 Å². The maximum Gasteiger partial charge on any atom is 0.165 e. The van der Waals surface area contributed by atoms with Crippen molar-refractivity contribution in [1.29, 1.82) is 0 Å². The third kappa shape index (κ3) is 1.66. The first-order valence-corrected chi connectivity index (χ1v) is 3.03. The van der Waals surface area contributed by atoms with Crippen molar-refractivity contribution in [2.75, 3.05) is 0 Å². The van der Waals surface area contributed by atoms with Crippen LogP contribution in [0.4, 0.5) is 4.39 Å². The molecule has 60 valence electrons. The molecule has 0 aliphatic rings. The highest BCUT2D eigenvalue weighted by molar-refractivity contribution is 5.28. The van der Waals surface area contributed by atoms with Gasteiger partial charge >= 0.3 is 0 Å². The molecule has 1 aromatic carbocycles. The largest absolute Gasteiger partial charge is 0.505 e. The van der Waals surface area contributed by atoms with E-state index in [0.717, 1.165) is 12.1 Å². The lowest BCUT2D eigenvalue weighted by molar-refractivity contribution is 0.185. The molecule has 0 spiro atoms. The maximum atomic E-state index is 12.5. The first-order chi connectivity index (χ1) is 5.11. The van der Waals surface area contributed by atoms with E-state index in [9.17, 15) is 4.39 Å². The van der Waals surface area contributed by atoms with Crippen LogP contribution in [0.5, 0.6) is 5.75 Å². The average molecular weight is 157 g/mol. The normalized spacial score (nSPS) is 13.0. The van der Waals surface area contributed by atoms with E-state index < -0.39 is 17.8 Å². The van der Waals surface area contributed by atoms with Crippen LogP contribution in [0.15, 0.2) is 18.2 Å². The van der Waals surface area contributed by atoms with Gasteiger partial charge in [-0.3, -0.25) is 0 Å². The van der Waals surface area contributed by atoms with Crippen molar-refractivity contribution >= 4 is 0 Å². The molecule has 0 aliphatic heterocycles. The van der Waals surface area contributed by atoms with E-state index in [1.54, 1.807) is 0 Å². The predicted octanol–water partition coefficient (Wildman–Crippen LogP) is 0.481. The molecule has 4 heteroatoms. The Balaban J connectivity index is 3.05. The summed E-state index contributed by atoms with van der Waals surface area (Å²) in [5.41, 5.74) is 5.28. The SMILES string of the molecule is NC(O)c1ccc(O)c(F)c1. The standard InChI is InChI=1S/C7H8FNO2/c8-5-3-4(7(9)11)1-2-6(5)10/h1-3,7,10-11H,9H2. The summed E-state index contributed by atoms with van der Waals surface area (Å²) < 4.78 is 12.5. The molecule has 1 atom stereocenters. The molecule has 1 unspecified atom stereocenters. The van der Waals surface area contributed by atoms with Crippen LogP contribution in [0.3, 0.4) is 0 Å². The zero-order valence-electron chi connectivity index (χ0n) is 5.66. The van der Waals surface area contributed by atoms with Crippen molar-refractivity contribution in [1.82, 2.24) is 0 Å². The van der Waals surface area contributed by atoms with Crippen LogP contribution in [0.1, 0.15) is 11.8 Å². The van der Waals surface area contributed by atoms with Crippen molar-refractivity contribution in [3.8, 4) is 5.75 Å². The van der Waals surface area contributed by atoms with Crippen LogP contribution in [-0.4, -0.2) is 10.2 Å². The molecule has 0 aliphatic carbocycles. The van der Waals surface area contributed by atoms with Crippen LogP contribution < -0.4 is 5.73 Å². The number of rotatable bonds is 1. The first-order valence-electron chi connectivity index (χ1n) is 3.03. The second-order valence-corrected chi connectivity index (χ2v) is 2.16. The highest BCUT2D eigenvalue weighted by Crippen LogP contribution is 2.18. The van der Waals surface area contributed by atoms with Gasteiger partial charge in [-0.15, -0.1) is 0 Å². The van der Waals surface area contributed by atoms with Crippen molar-refractivity contribution < 1.29 is 14.6 Å². The Kier molecular flexibility index (Phi) is 2.07. The average Bonchev–Trinajstić information content (AvgIpc) is 1.94. The lowest BCUT2D eigenvalue weighted by Gasteiger charge is -2.04. The van der Waals surface area contributed by atoms with Crippen LogP contribution in [0.25, 0.3) is 0 Å². The highest BCUT2D eigenvalue weighted by atomic mass is 19.1. The first kappa shape index (κ1) is 7.97. The van der Waals surface area contributed by atoms with E-state index in [4.69, 9.17) is 15.9 Å². The molecular weight excluding hydrogens is 149 g/mol. The third-order valence-corrected chi connectivity index (χ3v) is 1.31. The molecule has 0 amide bonds. The lowest BCUT2D eigenvalue weighted by atomic mass is 10.2. The number of phenols is 1. The van der Waals surface area contributed by atoms with E-state index in [0.29, 0.717) is 0 Å². The van der Waals surface area contributed by atoms with E-state index in [1.807, 2.05) is 0 Å². The Labute approximate surface area is 62.9 Å². The Morgan fingerprint density at radius 1 is 1.45 bits per heavy atom. The lowest BCUT2D eigenvalue weighted by Crippen LogP contribution is -2.08. The van der Waals surface area contributed by atoms with Gasteiger partial charge in [-0.25, -0.2) is 4.39 Å². The summed E-state index contributed by atoms with van der Waals surface area (Å²) in [6, 6.07) is 3.48. The van der Waals surface area contributed by atoms with Crippen molar-refractivity contribution in [2.24, 2.45) is 5.73 Å². The van der Waals surface area contributed by atoms with Crippen molar-refractivity contribution in [3.05, 3.63) is 29.6 Å². The van der Waals surface area contributed by atoms with Crippen LogP contribution >= 0.6 is 0 Å². The second-order valence-electron chi connectivity index (χ2n) is 2.16. The molecular formula is C7H8FNO2. The number of hydrogen-bond donors (Lipinski definition) is 3. The third-order valence-electron chi connectivity index (χ3n) is 1.31. The van der Waals surface area contributed by atoms with Gasteiger partial charge in [-0.1, -0.05) is 6.07 Å². The molecule has 0 saturated heterocycles. The predicted molar refractivity (Wildman–Crippen MR) is 37.2 cm³/mol. The smallest absolute Gasteiger partial charge is 0.165 e. The summed E-state index contributed by atoms with van der Waals surface area (Å²) in [6.45, 7) is 0. The molecule has 3 nitrogen and oxygen atoms in total. The highest BCUT2D eigenvalue weighted by Gasteiger charge is 2.04. The van der Waals surface area contributed by atoms with Gasteiger partial charge < -0.3 is 15.9 Å². The molecule has 1 aromatic rings. The van der Waals surface area contributed by atoms with Gasteiger partial charge in [0.1, 0.15) is 6.23 Å². The number of aliphatic hydroxyl groups is 1. The van der Waals surface area contributed by atoms with Gasteiger partial charge in [0.15, 0.2) is 11.6 Å². The number of aromatic hydroxyl groups is 1. The molecule has 0 heterocycles. The number of nitrogens with two attached hydrogens (primary N) is 1. The second kappa shape index (κ2) is 2.86. The Morgan fingerprint density at radius 2 is 2.09 bits per heavy atom. The quantitative estimate of drug-likeness (QED) is 0.519. The van der Waals surface area contributed by atoms with E-state index in [2.05, 4.69) is 0 Å². The van der Waals surface area contributed by atoms with Crippen molar-refractivity contribution in [2.45, 2.75) is 6.23 Å². The van der Waals surface area contributed by atoms with Crippen LogP contribution in [0.2, 0.25) is 0 Å². The van der Waals surface area contributed by atoms with E-state index in [-0.39, 0.29) is 5.56 Å². The molecule has 4 N–H and O–H groups in total. The molecule has 0 fully saturated rings. The summed E-state index contributed by atoms with van der Waals surface area (Å²) in [5.74, 6) is -1.23. The summed E-state index contributed by atoms with van der Waals surface area (Å²) in [4.78, 5) is 0. The van der Waals surface area contributed by atoms with E-state index >= 15 is 0 Å². The maximum absolute atomic E-state index is 12.5. The van der Waals surface area contributed by atoms with Crippen LogP contribution in [-0.2, 0) is 0 Å². The zero-order valence-corrected chi connectivity index (χ0v) is 5.66.